The summed E-state index contributed by atoms with van der Waals surface area (Å²) < 4.78 is 13.5. The largest absolute Gasteiger partial charge is 0.396 e. The van der Waals surface area contributed by atoms with Crippen molar-refractivity contribution in [1.29, 1.82) is 5.26 Å². The standard InChI is InChI=1S/C11H11FN2O/c12-10-3-8(4-13)1-2-11(10)14-5-9(6-14)7-15/h1-3,9,15H,5-7H2. The van der Waals surface area contributed by atoms with Gasteiger partial charge in [-0.15, -0.1) is 0 Å². The Morgan fingerprint density at radius 2 is 2.27 bits per heavy atom. The summed E-state index contributed by atoms with van der Waals surface area (Å²) in [5, 5.41) is 17.4. The van der Waals surface area contributed by atoms with E-state index in [-0.39, 0.29) is 18.3 Å². The van der Waals surface area contributed by atoms with Crippen molar-refractivity contribution >= 4 is 5.69 Å². The maximum absolute atomic E-state index is 13.5. The lowest BCUT2D eigenvalue weighted by Gasteiger charge is -2.40. The maximum Gasteiger partial charge on any atom is 0.147 e. The lowest BCUT2D eigenvalue weighted by Crippen LogP contribution is -2.48. The van der Waals surface area contributed by atoms with Gasteiger partial charge in [-0.3, -0.25) is 0 Å². The van der Waals surface area contributed by atoms with Crippen molar-refractivity contribution in [3.8, 4) is 6.07 Å². The molecule has 0 spiro atoms. The number of benzene rings is 1. The fourth-order valence-corrected chi connectivity index (χ4v) is 1.71. The van der Waals surface area contributed by atoms with E-state index in [0.29, 0.717) is 24.3 Å². The van der Waals surface area contributed by atoms with Crippen molar-refractivity contribution in [1.82, 2.24) is 0 Å². The minimum Gasteiger partial charge on any atom is -0.396 e. The second-order valence-electron chi connectivity index (χ2n) is 3.73. The van der Waals surface area contributed by atoms with Gasteiger partial charge in [-0.05, 0) is 18.2 Å². The highest BCUT2D eigenvalue weighted by molar-refractivity contribution is 5.53. The summed E-state index contributed by atoms with van der Waals surface area (Å²) in [6.45, 7) is 1.51. The quantitative estimate of drug-likeness (QED) is 0.789. The molecule has 0 radical (unpaired) electrons. The molecular weight excluding hydrogens is 195 g/mol. The van der Waals surface area contributed by atoms with Crippen LogP contribution in [0, 0.1) is 23.1 Å². The second kappa shape index (κ2) is 3.87. The molecule has 0 aliphatic carbocycles. The van der Waals surface area contributed by atoms with Crippen molar-refractivity contribution in [3.63, 3.8) is 0 Å². The number of rotatable bonds is 2. The molecule has 1 heterocycles. The molecule has 0 bridgehead atoms. The van der Waals surface area contributed by atoms with Gasteiger partial charge in [-0.2, -0.15) is 5.26 Å². The summed E-state index contributed by atoms with van der Waals surface area (Å²) in [5.41, 5.74) is 0.842. The molecule has 1 saturated heterocycles. The zero-order valence-corrected chi connectivity index (χ0v) is 8.15. The van der Waals surface area contributed by atoms with Crippen molar-refractivity contribution in [2.45, 2.75) is 0 Å². The lowest BCUT2D eigenvalue weighted by atomic mass is 10.00. The highest BCUT2D eigenvalue weighted by Crippen LogP contribution is 2.27. The molecule has 3 nitrogen and oxygen atoms in total. The topological polar surface area (TPSA) is 47.3 Å². The summed E-state index contributed by atoms with van der Waals surface area (Å²) in [6, 6.07) is 6.34. The second-order valence-corrected chi connectivity index (χ2v) is 3.73. The predicted octanol–water partition coefficient (Wildman–Crippen LogP) is 1.13. The van der Waals surface area contributed by atoms with Gasteiger partial charge >= 0.3 is 0 Å². The molecule has 0 unspecified atom stereocenters. The molecule has 0 atom stereocenters. The third-order valence-electron chi connectivity index (χ3n) is 2.63. The molecule has 2 rings (SSSR count). The molecule has 1 aromatic rings. The van der Waals surface area contributed by atoms with Crippen molar-refractivity contribution < 1.29 is 9.50 Å². The van der Waals surface area contributed by atoms with Gasteiger partial charge in [0.05, 0.1) is 17.3 Å². The van der Waals surface area contributed by atoms with Gasteiger partial charge in [0.25, 0.3) is 0 Å². The van der Waals surface area contributed by atoms with E-state index in [1.807, 2.05) is 11.0 Å². The zero-order valence-electron chi connectivity index (χ0n) is 8.15. The Hall–Kier alpha value is -1.60. The number of hydrogen-bond donors (Lipinski definition) is 1. The van der Waals surface area contributed by atoms with E-state index in [0.717, 1.165) is 0 Å². The smallest absolute Gasteiger partial charge is 0.147 e. The number of anilines is 1. The molecule has 78 valence electrons. The predicted molar refractivity (Wildman–Crippen MR) is 53.9 cm³/mol. The Balaban J connectivity index is 2.14. The van der Waals surface area contributed by atoms with Crippen molar-refractivity contribution in [3.05, 3.63) is 29.6 Å². The van der Waals surface area contributed by atoms with Gasteiger partial charge < -0.3 is 10.0 Å². The maximum atomic E-state index is 13.5. The van der Waals surface area contributed by atoms with Crippen LogP contribution in [0.1, 0.15) is 5.56 Å². The van der Waals surface area contributed by atoms with E-state index in [1.54, 1.807) is 12.1 Å². The van der Waals surface area contributed by atoms with Crippen LogP contribution in [0.2, 0.25) is 0 Å². The minimum absolute atomic E-state index is 0.147. The van der Waals surface area contributed by atoms with Gasteiger partial charge in [0, 0.05) is 25.6 Å². The van der Waals surface area contributed by atoms with Crippen molar-refractivity contribution in [2.24, 2.45) is 5.92 Å². The van der Waals surface area contributed by atoms with Crippen LogP contribution in [-0.2, 0) is 0 Å². The van der Waals surface area contributed by atoms with E-state index >= 15 is 0 Å². The monoisotopic (exact) mass is 206 g/mol. The first kappa shape index (κ1) is 9.94. The number of aliphatic hydroxyl groups excluding tert-OH is 1. The summed E-state index contributed by atoms with van der Waals surface area (Å²) in [4.78, 5) is 1.86. The fraction of sp³-hybridized carbons (Fsp3) is 0.364. The highest BCUT2D eigenvalue weighted by Gasteiger charge is 2.27. The number of nitrogens with zero attached hydrogens (tertiary/aromatic N) is 2. The van der Waals surface area contributed by atoms with Crippen molar-refractivity contribution in [2.75, 3.05) is 24.6 Å². The van der Waals surface area contributed by atoms with Crippen LogP contribution in [0.25, 0.3) is 0 Å². The van der Waals surface area contributed by atoms with E-state index in [9.17, 15) is 4.39 Å². The molecule has 1 aliphatic heterocycles. The molecular formula is C11H11FN2O. The van der Waals surface area contributed by atoms with Gasteiger partial charge in [0.15, 0.2) is 0 Å². The average Bonchev–Trinajstić information content (AvgIpc) is 2.18. The van der Waals surface area contributed by atoms with E-state index in [1.165, 1.54) is 6.07 Å². The Kier molecular flexibility index (Phi) is 2.57. The molecule has 4 heteroatoms. The van der Waals surface area contributed by atoms with Crippen LogP contribution in [0.15, 0.2) is 18.2 Å². The zero-order chi connectivity index (χ0) is 10.8. The summed E-state index contributed by atoms with van der Waals surface area (Å²) >= 11 is 0. The Bertz CT molecular complexity index is 408. The molecule has 15 heavy (non-hydrogen) atoms. The van der Waals surface area contributed by atoms with E-state index < -0.39 is 0 Å². The minimum atomic E-state index is -0.370. The number of nitriles is 1. The number of halogens is 1. The molecule has 1 aromatic carbocycles. The van der Waals surface area contributed by atoms with Gasteiger partial charge in [-0.1, -0.05) is 0 Å². The Labute approximate surface area is 87.4 Å². The van der Waals surface area contributed by atoms with Crippen LogP contribution >= 0.6 is 0 Å². The number of hydrogen-bond acceptors (Lipinski definition) is 3. The average molecular weight is 206 g/mol. The summed E-state index contributed by atoms with van der Waals surface area (Å²) in [7, 11) is 0. The molecule has 1 aliphatic rings. The first-order valence-corrected chi connectivity index (χ1v) is 4.80. The fourth-order valence-electron chi connectivity index (χ4n) is 1.71. The Morgan fingerprint density at radius 3 is 2.80 bits per heavy atom. The van der Waals surface area contributed by atoms with Crippen LogP contribution in [0.3, 0.4) is 0 Å². The van der Waals surface area contributed by atoms with E-state index in [2.05, 4.69) is 0 Å². The highest BCUT2D eigenvalue weighted by atomic mass is 19.1. The van der Waals surface area contributed by atoms with Gasteiger partial charge in [0.2, 0.25) is 0 Å². The van der Waals surface area contributed by atoms with Gasteiger partial charge in [0.1, 0.15) is 5.82 Å². The molecule has 1 fully saturated rings. The van der Waals surface area contributed by atoms with Crippen LogP contribution in [0.5, 0.6) is 0 Å². The normalized spacial score (nSPS) is 15.9. The molecule has 0 saturated carbocycles. The SMILES string of the molecule is N#Cc1ccc(N2CC(CO)C2)c(F)c1. The summed E-state index contributed by atoms with van der Waals surface area (Å²) in [5.74, 6) is -0.120. The van der Waals surface area contributed by atoms with Crippen LogP contribution in [-0.4, -0.2) is 24.8 Å². The number of aliphatic hydroxyl groups is 1. The molecule has 0 aromatic heterocycles. The Morgan fingerprint density at radius 1 is 1.53 bits per heavy atom. The third kappa shape index (κ3) is 1.79. The first-order chi connectivity index (χ1) is 7.24. The van der Waals surface area contributed by atoms with E-state index in [4.69, 9.17) is 10.4 Å². The van der Waals surface area contributed by atoms with Crippen LogP contribution in [0.4, 0.5) is 10.1 Å². The van der Waals surface area contributed by atoms with Gasteiger partial charge in [-0.25, -0.2) is 4.39 Å². The van der Waals surface area contributed by atoms with Crippen LogP contribution < -0.4 is 4.90 Å². The lowest BCUT2D eigenvalue weighted by molar-refractivity contribution is 0.200. The first-order valence-electron chi connectivity index (χ1n) is 4.80. The molecule has 0 amide bonds. The third-order valence-corrected chi connectivity index (χ3v) is 2.63. The summed E-state index contributed by atoms with van der Waals surface area (Å²) in [6.07, 6.45) is 0. The molecule has 1 N–H and O–H groups in total.